The van der Waals surface area contributed by atoms with Gasteiger partial charge in [0.1, 0.15) is 73.2 Å². The molecule has 426 valence electrons. The number of amides is 1. The molecule has 73 heavy (non-hydrogen) atoms. The highest BCUT2D eigenvalue weighted by Crippen LogP contribution is 2.33. The van der Waals surface area contributed by atoms with E-state index in [2.05, 4.69) is 55.6 Å². The second kappa shape index (κ2) is 38.5. The zero-order valence-electron chi connectivity index (χ0n) is 43.9. The zero-order valence-corrected chi connectivity index (χ0v) is 43.9. The van der Waals surface area contributed by atoms with Gasteiger partial charge in [0, 0.05) is 6.42 Å². The maximum Gasteiger partial charge on any atom is 0.220 e. The van der Waals surface area contributed by atoms with Crippen LogP contribution in [0.15, 0.2) is 36.5 Å². The van der Waals surface area contributed by atoms with Crippen molar-refractivity contribution >= 4 is 5.91 Å². The van der Waals surface area contributed by atoms with Crippen molar-refractivity contribution in [1.29, 1.82) is 0 Å². The van der Waals surface area contributed by atoms with Gasteiger partial charge >= 0.3 is 0 Å². The van der Waals surface area contributed by atoms with Gasteiger partial charge in [0.05, 0.1) is 38.6 Å². The van der Waals surface area contributed by atoms with Crippen LogP contribution in [0.25, 0.3) is 0 Å². The smallest absolute Gasteiger partial charge is 0.220 e. The lowest BCUT2D eigenvalue weighted by molar-refractivity contribution is -0.379. The molecular weight excluding hydrogens is 951 g/mol. The predicted molar refractivity (Wildman–Crippen MR) is 272 cm³/mol. The number of aliphatic hydroxyl groups is 11. The first-order valence-corrected chi connectivity index (χ1v) is 27.7. The minimum absolute atomic E-state index is 0.251. The number of aliphatic hydroxyl groups excluding tert-OH is 11. The first kappa shape index (κ1) is 65.3. The fourth-order valence-corrected chi connectivity index (χ4v) is 9.32. The second-order valence-electron chi connectivity index (χ2n) is 20.0. The summed E-state index contributed by atoms with van der Waals surface area (Å²) in [6.45, 7) is 1.69. The summed E-state index contributed by atoms with van der Waals surface area (Å²) in [4.78, 5) is 13.3. The molecule has 3 aliphatic heterocycles. The van der Waals surface area contributed by atoms with E-state index in [4.69, 9.17) is 28.4 Å². The van der Waals surface area contributed by atoms with E-state index in [1.807, 2.05) is 0 Å². The van der Waals surface area contributed by atoms with E-state index in [1.165, 1.54) is 51.4 Å². The van der Waals surface area contributed by atoms with Gasteiger partial charge in [-0.05, 0) is 51.4 Å². The SMILES string of the molecule is CCCCC/C=C\C/C=C\C/C=C\CCCCCCCCC(=O)NC(COC1OC(CO)C(OC2OC(CO)C(OC3OC(CO)C(O)C(O)C3O)C(O)C2O)C(O)C1O)C(O)CCCCCCCCCCC. The van der Waals surface area contributed by atoms with E-state index >= 15 is 0 Å². The monoisotopic (exact) mass is 1050 g/mol. The van der Waals surface area contributed by atoms with Crippen LogP contribution < -0.4 is 5.32 Å². The minimum atomic E-state index is -1.97. The number of carbonyl (C=O) groups excluding carboxylic acids is 1. The minimum Gasteiger partial charge on any atom is -0.394 e. The molecule has 1 amide bonds. The lowest BCUT2D eigenvalue weighted by Gasteiger charge is -2.48. The zero-order chi connectivity index (χ0) is 53.4. The summed E-state index contributed by atoms with van der Waals surface area (Å²) in [6, 6.07) is -0.891. The summed E-state index contributed by atoms with van der Waals surface area (Å²) in [5.74, 6) is -0.260. The summed E-state index contributed by atoms with van der Waals surface area (Å²) in [6.07, 6.45) is 11.1. The first-order valence-electron chi connectivity index (χ1n) is 27.7. The Morgan fingerprint density at radius 1 is 0.493 bits per heavy atom. The third-order valence-electron chi connectivity index (χ3n) is 14.0. The van der Waals surface area contributed by atoms with Crippen LogP contribution >= 0.6 is 0 Å². The Morgan fingerprint density at radius 2 is 0.904 bits per heavy atom. The highest BCUT2D eigenvalue weighted by molar-refractivity contribution is 5.76. The molecule has 0 aliphatic carbocycles. The molecule has 3 fully saturated rings. The highest BCUT2D eigenvalue weighted by atomic mass is 16.8. The van der Waals surface area contributed by atoms with Crippen LogP contribution in [0.2, 0.25) is 0 Å². The molecule has 3 saturated heterocycles. The molecule has 0 aromatic carbocycles. The number of ether oxygens (including phenoxy) is 6. The van der Waals surface area contributed by atoms with E-state index < -0.39 is 124 Å². The van der Waals surface area contributed by atoms with Crippen LogP contribution in [-0.4, -0.2) is 193 Å². The average molecular weight is 1050 g/mol. The molecule has 3 heterocycles. The van der Waals surface area contributed by atoms with Gasteiger partial charge in [0.2, 0.25) is 5.91 Å². The maximum absolute atomic E-state index is 13.3. The summed E-state index contributed by atoms with van der Waals surface area (Å²) in [5.41, 5.74) is 0. The van der Waals surface area contributed by atoms with Gasteiger partial charge in [-0.25, -0.2) is 0 Å². The van der Waals surface area contributed by atoms with E-state index in [0.29, 0.717) is 12.8 Å². The number of hydrogen-bond donors (Lipinski definition) is 12. The van der Waals surface area contributed by atoms with Gasteiger partial charge in [-0.1, -0.05) is 147 Å². The molecular formula is C54H97NO18. The van der Waals surface area contributed by atoms with Gasteiger partial charge in [0.15, 0.2) is 18.9 Å². The third kappa shape index (κ3) is 23.7. The molecule has 17 atom stereocenters. The first-order chi connectivity index (χ1) is 35.3. The molecule has 0 aromatic heterocycles. The number of rotatable bonds is 39. The molecule has 0 saturated carbocycles. The predicted octanol–water partition coefficient (Wildman–Crippen LogP) is 3.37. The molecule has 0 bridgehead atoms. The van der Waals surface area contributed by atoms with E-state index in [0.717, 1.165) is 83.5 Å². The highest BCUT2D eigenvalue weighted by Gasteiger charge is 2.53. The Morgan fingerprint density at radius 3 is 1.44 bits per heavy atom. The van der Waals surface area contributed by atoms with Gasteiger partial charge in [-0.2, -0.15) is 0 Å². The van der Waals surface area contributed by atoms with Crippen molar-refractivity contribution in [1.82, 2.24) is 5.32 Å². The number of nitrogens with one attached hydrogen (secondary N) is 1. The van der Waals surface area contributed by atoms with Crippen molar-refractivity contribution in [3.63, 3.8) is 0 Å². The Bertz CT molecular complexity index is 1490. The number of carbonyl (C=O) groups is 1. The lowest BCUT2D eigenvalue weighted by Crippen LogP contribution is -2.66. The number of allylic oxidation sites excluding steroid dienone is 6. The molecule has 19 heteroatoms. The Hall–Kier alpha value is -1.99. The topological polar surface area (TPSA) is 307 Å². The lowest BCUT2D eigenvalue weighted by atomic mass is 9.96. The Labute approximate surface area is 434 Å². The van der Waals surface area contributed by atoms with E-state index in [1.54, 1.807) is 0 Å². The largest absolute Gasteiger partial charge is 0.394 e. The summed E-state index contributed by atoms with van der Waals surface area (Å²) >= 11 is 0. The van der Waals surface area contributed by atoms with Crippen LogP contribution in [0, 0.1) is 0 Å². The standard InChI is InChI=1S/C54H97NO18/c1-3-5-7-9-11-13-14-15-16-17-18-19-20-21-22-24-26-28-30-32-42(60)55-37(38(59)31-29-27-25-23-12-10-8-6-4-2)36-68-52-48(66)45(63)50(40(34-57)70-52)73-54-49(67)46(64)51(41(35-58)71-54)72-53-47(65)44(62)43(61)39(33-56)69-53/h11,13,15-16,18-19,37-41,43-54,56-59,61-67H,3-10,12,14,17,20-36H2,1-2H3,(H,55,60)/b13-11-,16-15-,19-18-. The number of unbranched alkanes of at least 4 members (excludes halogenated alkanes) is 17. The fourth-order valence-electron chi connectivity index (χ4n) is 9.32. The van der Waals surface area contributed by atoms with Crippen molar-refractivity contribution in [3.8, 4) is 0 Å². The van der Waals surface area contributed by atoms with Crippen molar-refractivity contribution < 1.29 is 89.4 Å². The van der Waals surface area contributed by atoms with Crippen molar-refractivity contribution in [2.45, 2.75) is 272 Å². The fraction of sp³-hybridized carbons (Fsp3) is 0.870. The van der Waals surface area contributed by atoms with Crippen molar-refractivity contribution in [2.75, 3.05) is 26.4 Å². The molecule has 0 spiro atoms. The van der Waals surface area contributed by atoms with Crippen molar-refractivity contribution in [2.24, 2.45) is 0 Å². The average Bonchev–Trinajstić information content (AvgIpc) is 3.39. The summed E-state index contributed by atoms with van der Waals surface area (Å²) < 4.78 is 34.2. The van der Waals surface area contributed by atoms with E-state index in [-0.39, 0.29) is 18.9 Å². The van der Waals surface area contributed by atoms with E-state index in [9.17, 15) is 61.0 Å². The molecule has 0 radical (unpaired) electrons. The molecule has 3 rings (SSSR count). The Balaban J connectivity index is 1.50. The van der Waals surface area contributed by atoms with Crippen molar-refractivity contribution in [3.05, 3.63) is 36.5 Å². The summed E-state index contributed by atoms with van der Waals surface area (Å²) in [5, 5.41) is 120. The third-order valence-corrected chi connectivity index (χ3v) is 14.0. The molecule has 0 aromatic rings. The molecule has 12 N–H and O–H groups in total. The van der Waals surface area contributed by atoms with Crippen LogP contribution in [0.1, 0.15) is 168 Å². The van der Waals surface area contributed by atoms with Gasteiger partial charge in [-0.15, -0.1) is 0 Å². The van der Waals surface area contributed by atoms with Crippen LogP contribution in [0.5, 0.6) is 0 Å². The molecule has 19 nitrogen and oxygen atoms in total. The summed E-state index contributed by atoms with van der Waals surface area (Å²) in [7, 11) is 0. The quantitative estimate of drug-likeness (QED) is 0.0310. The normalized spacial score (nSPS) is 32.0. The van der Waals surface area contributed by atoms with Crippen LogP contribution in [0.4, 0.5) is 0 Å². The molecule has 3 aliphatic rings. The van der Waals surface area contributed by atoms with Gasteiger partial charge in [-0.3, -0.25) is 4.79 Å². The van der Waals surface area contributed by atoms with Crippen LogP contribution in [0.3, 0.4) is 0 Å². The van der Waals surface area contributed by atoms with Crippen LogP contribution in [-0.2, 0) is 33.2 Å². The molecule has 17 unspecified atom stereocenters. The van der Waals surface area contributed by atoms with Gasteiger partial charge < -0.3 is 89.9 Å². The maximum atomic E-state index is 13.3. The number of hydrogen-bond acceptors (Lipinski definition) is 18. The second-order valence-corrected chi connectivity index (χ2v) is 20.0. The van der Waals surface area contributed by atoms with Gasteiger partial charge in [0.25, 0.3) is 0 Å². The Kier molecular flexibility index (Phi) is 34.5.